The Labute approximate surface area is 206 Å². The summed E-state index contributed by atoms with van der Waals surface area (Å²) in [6, 6.07) is 10.8. The number of benzene rings is 1. The maximum absolute atomic E-state index is 12.7. The summed E-state index contributed by atoms with van der Waals surface area (Å²) in [5.41, 5.74) is 1.19. The standard InChI is InChI=1S/C23H26N6O5S/c1-33-12-13-34-19-15-17(14-18-20(30)27-23(32)35-18)24-21(26-19)28-8-5-9-29(11-10-28)22(31)25-16-6-3-2-4-7-16/h2-4,6-7,14-15H,5,8-13H2,1H3,(H,25,31)(H,27,30,32). The SMILES string of the molecule is COCCOc1cc(C=C2SC(=O)NC2=O)nc(N2CCCN(C(=O)Nc3ccccc3)CC2)n1. The van der Waals surface area contributed by atoms with E-state index in [4.69, 9.17) is 9.47 Å². The topological polar surface area (TPSA) is 126 Å². The van der Waals surface area contributed by atoms with Gasteiger partial charge < -0.3 is 24.6 Å². The third kappa shape index (κ3) is 6.70. The molecule has 35 heavy (non-hydrogen) atoms. The Bertz CT molecular complexity index is 1110. The van der Waals surface area contributed by atoms with Crippen LogP contribution in [0.3, 0.4) is 0 Å². The number of anilines is 2. The fourth-order valence-electron chi connectivity index (χ4n) is 3.55. The van der Waals surface area contributed by atoms with Gasteiger partial charge in [0.25, 0.3) is 11.1 Å². The molecule has 0 bridgehead atoms. The number of aromatic nitrogens is 2. The van der Waals surface area contributed by atoms with Crippen LogP contribution in [0.4, 0.5) is 21.2 Å². The van der Waals surface area contributed by atoms with E-state index in [1.165, 1.54) is 6.08 Å². The number of nitrogens with zero attached hydrogens (tertiary/aromatic N) is 4. The highest BCUT2D eigenvalue weighted by molar-refractivity contribution is 8.18. The molecule has 0 spiro atoms. The number of rotatable bonds is 7. The van der Waals surface area contributed by atoms with Crippen LogP contribution >= 0.6 is 11.8 Å². The van der Waals surface area contributed by atoms with E-state index >= 15 is 0 Å². The van der Waals surface area contributed by atoms with Gasteiger partial charge in [-0.3, -0.25) is 14.9 Å². The first kappa shape index (κ1) is 24.5. The van der Waals surface area contributed by atoms with Crippen molar-refractivity contribution in [3.05, 3.63) is 47.0 Å². The lowest BCUT2D eigenvalue weighted by Gasteiger charge is -2.23. The van der Waals surface area contributed by atoms with Crippen LogP contribution < -0.4 is 20.3 Å². The van der Waals surface area contributed by atoms with E-state index in [9.17, 15) is 14.4 Å². The molecule has 4 rings (SSSR count). The van der Waals surface area contributed by atoms with Crippen molar-refractivity contribution in [3.8, 4) is 5.88 Å². The molecule has 2 aromatic rings. The first-order valence-corrected chi connectivity index (χ1v) is 11.9. The Balaban J connectivity index is 1.49. The number of hydrogen-bond acceptors (Lipinski definition) is 9. The Hall–Kier alpha value is -3.64. The minimum Gasteiger partial charge on any atom is -0.475 e. The molecule has 0 saturated carbocycles. The second-order valence-electron chi connectivity index (χ2n) is 7.75. The van der Waals surface area contributed by atoms with Crippen LogP contribution in [-0.4, -0.2) is 78.5 Å². The zero-order valence-electron chi connectivity index (χ0n) is 19.2. The zero-order valence-corrected chi connectivity index (χ0v) is 20.0. The fourth-order valence-corrected chi connectivity index (χ4v) is 4.22. The lowest BCUT2D eigenvalue weighted by atomic mass is 10.3. The van der Waals surface area contributed by atoms with Crippen LogP contribution in [0, 0.1) is 0 Å². The van der Waals surface area contributed by atoms with Gasteiger partial charge in [0.05, 0.1) is 17.2 Å². The molecule has 2 aliphatic rings. The maximum atomic E-state index is 12.7. The van der Waals surface area contributed by atoms with E-state index in [1.54, 1.807) is 18.1 Å². The highest BCUT2D eigenvalue weighted by Gasteiger charge is 2.26. The van der Waals surface area contributed by atoms with Gasteiger partial charge in [-0.2, -0.15) is 4.98 Å². The van der Waals surface area contributed by atoms with E-state index in [2.05, 4.69) is 20.6 Å². The Morgan fingerprint density at radius 1 is 1.14 bits per heavy atom. The summed E-state index contributed by atoms with van der Waals surface area (Å²) in [4.78, 5) is 49.3. The molecule has 1 aromatic heterocycles. The average Bonchev–Trinajstić information content (AvgIpc) is 3.02. The number of nitrogens with one attached hydrogen (secondary N) is 2. The van der Waals surface area contributed by atoms with Crippen LogP contribution in [0.15, 0.2) is 41.3 Å². The largest absolute Gasteiger partial charge is 0.475 e. The van der Waals surface area contributed by atoms with Crippen molar-refractivity contribution in [1.82, 2.24) is 20.2 Å². The van der Waals surface area contributed by atoms with Gasteiger partial charge in [0.2, 0.25) is 11.8 Å². The monoisotopic (exact) mass is 498 g/mol. The predicted molar refractivity (Wildman–Crippen MR) is 132 cm³/mol. The fraction of sp³-hybridized carbons (Fsp3) is 0.348. The van der Waals surface area contributed by atoms with Crippen LogP contribution in [-0.2, 0) is 9.53 Å². The number of imide groups is 1. The molecular weight excluding hydrogens is 472 g/mol. The third-order valence-electron chi connectivity index (χ3n) is 5.26. The van der Waals surface area contributed by atoms with Crippen LogP contribution in [0.25, 0.3) is 6.08 Å². The molecule has 4 amide bonds. The number of carbonyl (C=O) groups excluding carboxylic acids is 3. The second-order valence-corrected chi connectivity index (χ2v) is 8.76. The van der Waals surface area contributed by atoms with Crippen molar-refractivity contribution in [2.75, 3.05) is 56.7 Å². The quantitative estimate of drug-likeness (QED) is 0.437. The van der Waals surface area contributed by atoms with Crippen LogP contribution in [0.2, 0.25) is 0 Å². The Morgan fingerprint density at radius 2 is 1.97 bits per heavy atom. The molecule has 0 radical (unpaired) electrons. The van der Waals surface area contributed by atoms with Gasteiger partial charge in [0, 0.05) is 45.0 Å². The van der Waals surface area contributed by atoms with E-state index in [0.717, 1.165) is 23.9 Å². The molecule has 3 heterocycles. The molecule has 1 aromatic carbocycles. The van der Waals surface area contributed by atoms with E-state index < -0.39 is 11.1 Å². The molecule has 2 N–H and O–H groups in total. The molecule has 2 saturated heterocycles. The number of carbonyl (C=O) groups is 3. The summed E-state index contributed by atoms with van der Waals surface area (Å²) in [5.74, 6) is 0.292. The Morgan fingerprint density at radius 3 is 2.71 bits per heavy atom. The lowest BCUT2D eigenvalue weighted by Crippen LogP contribution is -2.38. The van der Waals surface area contributed by atoms with Gasteiger partial charge in [0.1, 0.15) is 6.61 Å². The molecule has 2 aliphatic heterocycles. The number of methoxy groups -OCH3 is 1. The van der Waals surface area contributed by atoms with Crippen molar-refractivity contribution in [3.63, 3.8) is 0 Å². The number of urea groups is 1. The minimum absolute atomic E-state index is 0.157. The summed E-state index contributed by atoms with van der Waals surface area (Å²) in [5, 5.41) is 4.73. The van der Waals surface area contributed by atoms with Gasteiger partial charge >= 0.3 is 6.03 Å². The minimum atomic E-state index is -0.461. The third-order valence-corrected chi connectivity index (χ3v) is 6.07. The van der Waals surface area contributed by atoms with E-state index in [1.807, 2.05) is 35.2 Å². The van der Waals surface area contributed by atoms with Crippen LogP contribution in [0.5, 0.6) is 5.88 Å². The molecule has 0 atom stereocenters. The number of para-hydroxylation sites is 1. The van der Waals surface area contributed by atoms with Crippen molar-refractivity contribution < 1.29 is 23.9 Å². The predicted octanol–water partition coefficient (Wildman–Crippen LogP) is 2.57. The van der Waals surface area contributed by atoms with Gasteiger partial charge in [-0.1, -0.05) is 18.2 Å². The normalized spacial score (nSPS) is 17.3. The molecule has 2 fully saturated rings. The molecule has 0 unspecified atom stereocenters. The Kier molecular flexibility index (Phi) is 8.16. The van der Waals surface area contributed by atoms with Gasteiger partial charge in [-0.05, 0) is 36.4 Å². The van der Waals surface area contributed by atoms with Crippen molar-refractivity contribution in [2.45, 2.75) is 6.42 Å². The first-order chi connectivity index (χ1) is 17.0. The smallest absolute Gasteiger partial charge is 0.321 e. The van der Waals surface area contributed by atoms with E-state index in [-0.39, 0.29) is 10.9 Å². The highest BCUT2D eigenvalue weighted by Crippen LogP contribution is 2.27. The number of ether oxygens (including phenoxy) is 2. The van der Waals surface area contributed by atoms with Crippen molar-refractivity contribution in [1.29, 1.82) is 0 Å². The van der Waals surface area contributed by atoms with Crippen molar-refractivity contribution in [2.24, 2.45) is 0 Å². The summed E-state index contributed by atoms with van der Waals surface area (Å²) < 4.78 is 10.7. The van der Waals surface area contributed by atoms with Gasteiger partial charge in [0.15, 0.2) is 0 Å². The zero-order chi connectivity index (χ0) is 24.6. The summed E-state index contributed by atoms with van der Waals surface area (Å²) in [6.45, 7) is 2.92. The lowest BCUT2D eigenvalue weighted by molar-refractivity contribution is -0.115. The maximum Gasteiger partial charge on any atom is 0.321 e. The summed E-state index contributed by atoms with van der Waals surface area (Å²) in [6.07, 6.45) is 2.26. The molecular formula is C23H26N6O5S. The summed E-state index contributed by atoms with van der Waals surface area (Å²) in [7, 11) is 1.58. The van der Waals surface area contributed by atoms with Crippen molar-refractivity contribution >= 4 is 46.7 Å². The molecule has 0 aliphatic carbocycles. The number of amides is 4. The highest BCUT2D eigenvalue weighted by atomic mass is 32.2. The first-order valence-electron chi connectivity index (χ1n) is 11.1. The molecule has 11 nitrogen and oxygen atoms in total. The van der Waals surface area contributed by atoms with Crippen LogP contribution in [0.1, 0.15) is 12.1 Å². The second kappa shape index (κ2) is 11.7. The van der Waals surface area contributed by atoms with Gasteiger partial charge in [-0.25, -0.2) is 9.78 Å². The molecule has 184 valence electrons. The molecule has 12 heteroatoms. The number of hydrogen-bond donors (Lipinski definition) is 2. The number of thioether (sulfide) groups is 1. The van der Waals surface area contributed by atoms with Gasteiger partial charge in [-0.15, -0.1) is 0 Å². The summed E-state index contributed by atoms with van der Waals surface area (Å²) >= 11 is 0.820. The van der Waals surface area contributed by atoms with E-state index in [0.29, 0.717) is 56.9 Å². The average molecular weight is 499 g/mol.